The highest BCUT2D eigenvalue weighted by atomic mass is 15.2. The molecule has 1 aliphatic rings. The van der Waals surface area contributed by atoms with Crippen molar-refractivity contribution in [3.63, 3.8) is 0 Å². The summed E-state index contributed by atoms with van der Waals surface area (Å²) >= 11 is 0. The maximum Gasteiger partial charge on any atom is 0.152 e. The van der Waals surface area contributed by atoms with E-state index >= 15 is 0 Å². The van der Waals surface area contributed by atoms with E-state index in [0.29, 0.717) is 5.92 Å². The Labute approximate surface area is 101 Å². The predicted octanol–water partition coefficient (Wildman–Crippen LogP) is 1.48. The zero-order valence-corrected chi connectivity index (χ0v) is 10.3. The van der Waals surface area contributed by atoms with E-state index in [-0.39, 0.29) is 0 Å². The molecular formula is C13H18N4. The molecule has 0 radical (unpaired) electrons. The zero-order valence-electron chi connectivity index (χ0n) is 10.3. The molecule has 0 amide bonds. The van der Waals surface area contributed by atoms with Gasteiger partial charge in [0.05, 0.1) is 11.2 Å². The molecule has 90 valence electrons. The van der Waals surface area contributed by atoms with Gasteiger partial charge in [0.2, 0.25) is 0 Å². The molecule has 4 nitrogen and oxygen atoms in total. The maximum atomic E-state index is 4.82. The van der Waals surface area contributed by atoms with Crippen molar-refractivity contribution in [3.8, 4) is 0 Å². The number of nitrogens with one attached hydrogen (secondary N) is 1. The van der Waals surface area contributed by atoms with Crippen LogP contribution in [0.2, 0.25) is 0 Å². The first kappa shape index (κ1) is 10.6. The van der Waals surface area contributed by atoms with Gasteiger partial charge in [-0.3, -0.25) is 0 Å². The zero-order chi connectivity index (χ0) is 11.8. The standard InChI is InChI=1S/C13H18N4/c1-16(2)13-12-4-3-7-17(12)9-11(15-13)10-5-6-14-8-10/h3-4,7,9-10,14H,5-6,8H2,1-2H3/t10-/m0/s1. The number of fused-ring (bicyclic) bond motifs is 1. The van der Waals surface area contributed by atoms with Crippen LogP contribution < -0.4 is 10.2 Å². The largest absolute Gasteiger partial charge is 0.361 e. The third kappa shape index (κ3) is 1.78. The maximum absolute atomic E-state index is 4.82. The SMILES string of the molecule is CN(C)c1nc([C@H]2CCNC2)cn2cccc12. The van der Waals surface area contributed by atoms with E-state index < -0.39 is 0 Å². The summed E-state index contributed by atoms with van der Waals surface area (Å²) in [6.07, 6.45) is 5.45. The lowest BCUT2D eigenvalue weighted by Gasteiger charge is -2.17. The van der Waals surface area contributed by atoms with Crippen LogP contribution in [0.3, 0.4) is 0 Å². The monoisotopic (exact) mass is 230 g/mol. The molecule has 0 unspecified atom stereocenters. The van der Waals surface area contributed by atoms with Crippen LogP contribution in [0.15, 0.2) is 24.5 Å². The van der Waals surface area contributed by atoms with Gasteiger partial charge in [-0.05, 0) is 25.1 Å². The number of hydrogen-bond donors (Lipinski definition) is 1. The van der Waals surface area contributed by atoms with Gasteiger partial charge in [-0.2, -0.15) is 0 Å². The molecule has 3 heterocycles. The molecular weight excluding hydrogens is 212 g/mol. The fourth-order valence-corrected chi connectivity index (χ4v) is 2.48. The summed E-state index contributed by atoms with van der Waals surface area (Å²) in [6.45, 7) is 2.15. The van der Waals surface area contributed by atoms with E-state index in [2.05, 4.69) is 39.1 Å². The Morgan fingerprint density at radius 2 is 2.35 bits per heavy atom. The van der Waals surface area contributed by atoms with E-state index in [0.717, 1.165) is 18.9 Å². The summed E-state index contributed by atoms with van der Waals surface area (Å²) in [6, 6.07) is 4.18. The second-order valence-electron chi connectivity index (χ2n) is 4.87. The third-order valence-electron chi connectivity index (χ3n) is 3.42. The van der Waals surface area contributed by atoms with Crippen molar-refractivity contribution in [2.75, 3.05) is 32.1 Å². The molecule has 0 aliphatic carbocycles. The second kappa shape index (κ2) is 4.04. The van der Waals surface area contributed by atoms with Crippen molar-refractivity contribution >= 4 is 11.3 Å². The lowest BCUT2D eigenvalue weighted by Crippen LogP contribution is -2.15. The van der Waals surface area contributed by atoms with E-state index in [1.54, 1.807) is 0 Å². The fourth-order valence-electron chi connectivity index (χ4n) is 2.48. The lowest BCUT2D eigenvalue weighted by molar-refractivity contribution is 0.725. The number of nitrogens with zero attached hydrogens (tertiary/aromatic N) is 3. The summed E-state index contributed by atoms with van der Waals surface area (Å²) in [4.78, 5) is 6.90. The van der Waals surface area contributed by atoms with Crippen LogP contribution in [-0.4, -0.2) is 36.6 Å². The molecule has 2 aromatic rings. The average molecular weight is 230 g/mol. The van der Waals surface area contributed by atoms with Crippen LogP contribution in [0.1, 0.15) is 18.0 Å². The minimum absolute atomic E-state index is 0.556. The van der Waals surface area contributed by atoms with Gasteiger partial charge in [-0.15, -0.1) is 0 Å². The molecule has 4 heteroatoms. The molecule has 1 N–H and O–H groups in total. The Balaban J connectivity index is 2.12. The molecule has 0 bridgehead atoms. The number of aromatic nitrogens is 2. The Bertz CT molecular complexity index is 523. The summed E-state index contributed by atoms with van der Waals surface area (Å²) in [7, 11) is 4.10. The summed E-state index contributed by atoms with van der Waals surface area (Å²) in [5.41, 5.74) is 2.37. The predicted molar refractivity (Wildman–Crippen MR) is 69.7 cm³/mol. The molecule has 17 heavy (non-hydrogen) atoms. The van der Waals surface area contributed by atoms with Crippen LogP contribution in [0.4, 0.5) is 5.82 Å². The van der Waals surface area contributed by atoms with Crippen LogP contribution >= 0.6 is 0 Å². The summed E-state index contributed by atoms with van der Waals surface area (Å²) < 4.78 is 2.18. The molecule has 1 aliphatic heterocycles. The van der Waals surface area contributed by atoms with Crippen molar-refractivity contribution < 1.29 is 0 Å². The number of rotatable bonds is 2. The van der Waals surface area contributed by atoms with Gasteiger partial charge < -0.3 is 14.6 Å². The first-order chi connectivity index (χ1) is 8.25. The van der Waals surface area contributed by atoms with Crippen molar-refractivity contribution in [3.05, 3.63) is 30.2 Å². The highest BCUT2D eigenvalue weighted by Crippen LogP contribution is 2.25. The van der Waals surface area contributed by atoms with Crippen molar-refractivity contribution in [1.82, 2.24) is 14.7 Å². The highest BCUT2D eigenvalue weighted by molar-refractivity contribution is 5.69. The average Bonchev–Trinajstić information content (AvgIpc) is 2.98. The van der Waals surface area contributed by atoms with Gasteiger partial charge in [0.1, 0.15) is 0 Å². The highest BCUT2D eigenvalue weighted by Gasteiger charge is 2.20. The van der Waals surface area contributed by atoms with Crippen molar-refractivity contribution in [1.29, 1.82) is 0 Å². The van der Waals surface area contributed by atoms with Gasteiger partial charge >= 0.3 is 0 Å². The Morgan fingerprint density at radius 1 is 1.47 bits per heavy atom. The van der Waals surface area contributed by atoms with Gasteiger partial charge in [0.25, 0.3) is 0 Å². The van der Waals surface area contributed by atoms with Crippen LogP contribution in [0.25, 0.3) is 5.52 Å². The summed E-state index contributed by atoms with van der Waals surface area (Å²) in [5.74, 6) is 1.61. The van der Waals surface area contributed by atoms with Gasteiger partial charge in [-0.25, -0.2) is 4.98 Å². The minimum atomic E-state index is 0.556. The molecule has 0 saturated carbocycles. The van der Waals surface area contributed by atoms with Crippen molar-refractivity contribution in [2.24, 2.45) is 0 Å². The molecule has 1 atom stereocenters. The fraction of sp³-hybridized carbons (Fsp3) is 0.462. The number of anilines is 1. The van der Waals surface area contributed by atoms with Crippen LogP contribution in [0, 0.1) is 0 Å². The lowest BCUT2D eigenvalue weighted by atomic mass is 10.1. The van der Waals surface area contributed by atoms with E-state index in [9.17, 15) is 0 Å². The second-order valence-corrected chi connectivity index (χ2v) is 4.87. The molecule has 2 aromatic heterocycles. The number of hydrogen-bond acceptors (Lipinski definition) is 3. The third-order valence-corrected chi connectivity index (χ3v) is 3.42. The Kier molecular flexibility index (Phi) is 2.52. The van der Waals surface area contributed by atoms with Crippen LogP contribution in [-0.2, 0) is 0 Å². The normalized spacial score (nSPS) is 20.0. The first-order valence-electron chi connectivity index (χ1n) is 6.11. The molecule has 3 rings (SSSR count). The quantitative estimate of drug-likeness (QED) is 0.848. The van der Waals surface area contributed by atoms with Crippen LogP contribution in [0.5, 0.6) is 0 Å². The van der Waals surface area contributed by atoms with E-state index in [4.69, 9.17) is 4.98 Å². The molecule has 1 saturated heterocycles. The first-order valence-corrected chi connectivity index (χ1v) is 6.11. The molecule has 0 aromatic carbocycles. The topological polar surface area (TPSA) is 32.6 Å². The van der Waals surface area contributed by atoms with E-state index in [1.807, 2.05) is 14.1 Å². The Morgan fingerprint density at radius 3 is 3.06 bits per heavy atom. The Hall–Kier alpha value is -1.55. The molecule has 1 fully saturated rings. The van der Waals surface area contributed by atoms with E-state index in [1.165, 1.54) is 17.6 Å². The van der Waals surface area contributed by atoms with Gasteiger partial charge in [0, 0.05) is 39.0 Å². The van der Waals surface area contributed by atoms with Crippen molar-refractivity contribution in [2.45, 2.75) is 12.3 Å². The van der Waals surface area contributed by atoms with Gasteiger partial charge in [-0.1, -0.05) is 0 Å². The minimum Gasteiger partial charge on any atom is -0.361 e. The smallest absolute Gasteiger partial charge is 0.152 e. The van der Waals surface area contributed by atoms with Gasteiger partial charge in [0.15, 0.2) is 5.82 Å². The summed E-state index contributed by atoms with van der Waals surface area (Å²) in [5, 5.41) is 3.40. The molecule has 0 spiro atoms.